The van der Waals surface area contributed by atoms with Gasteiger partial charge in [-0.2, -0.15) is 4.31 Å². The van der Waals surface area contributed by atoms with Gasteiger partial charge in [-0.3, -0.25) is 9.79 Å². The van der Waals surface area contributed by atoms with Crippen LogP contribution in [0.25, 0.3) is 0 Å². The Balaban J connectivity index is 1.54. The number of carbonyl (C=O) groups excluding carboxylic acids is 1. The molecule has 1 atom stereocenters. The summed E-state index contributed by atoms with van der Waals surface area (Å²) in [6, 6.07) is 6.31. The molecule has 0 radical (unpaired) electrons. The van der Waals surface area contributed by atoms with E-state index in [4.69, 9.17) is 16.6 Å². The lowest BCUT2D eigenvalue weighted by Crippen LogP contribution is -2.78. The minimum atomic E-state index is -3.92. The van der Waals surface area contributed by atoms with Gasteiger partial charge in [0.15, 0.2) is 6.04 Å². The number of hydrogen-bond acceptors (Lipinski definition) is 5. The summed E-state index contributed by atoms with van der Waals surface area (Å²) < 4.78 is 53.5. The molecule has 0 unspecified atom stereocenters. The van der Waals surface area contributed by atoms with Crippen molar-refractivity contribution in [3.8, 4) is 0 Å². The van der Waals surface area contributed by atoms with Gasteiger partial charge in [-0.05, 0) is 57.7 Å². The van der Waals surface area contributed by atoms with Gasteiger partial charge in [-0.15, -0.1) is 0 Å². The summed E-state index contributed by atoms with van der Waals surface area (Å²) in [4.78, 5) is 17.2. The van der Waals surface area contributed by atoms with Crippen molar-refractivity contribution in [1.29, 1.82) is 0 Å². The van der Waals surface area contributed by atoms with Crippen LogP contribution >= 0.6 is 11.6 Å². The standard InChI is InChI=1S/C23H31ClF2N4O3S/c1-4-27-19(31)18-21(2,3)29-20(28-18)22-12-23(13-22,14-22)30(34(32,33)10-9-17(25)26)11-15-5-7-16(24)8-6-15/h5-8,17-18H,4,9-14H2,1-3H3,(H,27,31)(H,28,29)/t18-,22?,23?/m0/s1. The van der Waals surface area contributed by atoms with Crippen molar-refractivity contribution in [3.63, 3.8) is 0 Å². The number of sulfonamides is 1. The highest BCUT2D eigenvalue weighted by Crippen LogP contribution is 2.71. The van der Waals surface area contributed by atoms with Crippen molar-refractivity contribution in [2.24, 2.45) is 10.4 Å². The molecule has 188 valence electrons. The predicted octanol–water partition coefficient (Wildman–Crippen LogP) is 3.33. The summed E-state index contributed by atoms with van der Waals surface area (Å²) in [6.45, 7) is 6.32. The van der Waals surface area contributed by atoms with Crippen LogP contribution in [0.3, 0.4) is 0 Å². The lowest BCUT2D eigenvalue weighted by atomic mass is 9.38. The van der Waals surface area contributed by atoms with Crippen molar-refractivity contribution in [2.75, 3.05) is 12.3 Å². The first-order valence-corrected chi connectivity index (χ1v) is 13.5. The fourth-order valence-corrected chi connectivity index (χ4v) is 7.49. The lowest BCUT2D eigenvalue weighted by molar-refractivity contribution is -0.151. The zero-order valence-corrected chi connectivity index (χ0v) is 21.1. The molecule has 0 saturated heterocycles. The molecule has 3 saturated carbocycles. The molecule has 1 heterocycles. The van der Waals surface area contributed by atoms with Crippen molar-refractivity contribution >= 4 is 33.4 Å². The highest BCUT2D eigenvalue weighted by atomic mass is 35.5. The molecular weight excluding hydrogens is 486 g/mol. The summed E-state index contributed by atoms with van der Waals surface area (Å²) in [6.07, 6.45) is -1.74. The Morgan fingerprint density at radius 3 is 2.44 bits per heavy atom. The number of halogens is 3. The average Bonchev–Trinajstić information content (AvgIpc) is 3.00. The summed E-state index contributed by atoms with van der Waals surface area (Å²) in [5.41, 5.74) is -0.741. The minimum absolute atomic E-state index is 0.103. The van der Waals surface area contributed by atoms with E-state index in [9.17, 15) is 22.0 Å². The molecule has 1 amide bonds. The minimum Gasteiger partial charge on any atom is -0.366 e. The van der Waals surface area contributed by atoms with Crippen LogP contribution in [-0.4, -0.2) is 60.3 Å². The quantitative estimate of drug-likeness (QED) is 0.499. The molecular formula is C23H31ClF2N4O3S. The van der Waals surface area contributed by atoms with Crippen LogP contribution in [0.2, 0.25) is 5.02 Å². The Kier molecular flexibility index (Phi) is 6.48. The van der Waals surface area contributed by atoms with Crippen LogP contribution in [0.5, 0.6) is 0 Å². The number of likely N-dealkylation sites (N-methyl/N-ethyl adjacent to an activating group) is 1. The first-order chi connectivity index (χ1) is 15.8. The van der Waals surface area contributed by atoms with Crippen molar-refractivity contribution < 1.29 is 22.0 Å². The molecule has 1 aliphatic heterocycles. The second kappa shape index (κ2) is 8.71. The zero-order valence-electron chi connectivity index (χ0n) is 19.6. The van der Waals surface area contributed by atoms with E-state index < -0.39 is 45.7 Å². The van der Waals surface area contributed by atoms with Gasteiger partial charge < -0.3 is 10.6 Å². The molecule has 0 aromatic heterocycles. The fourth-order valence-electron chi connectivity index (χ4n) is 5.54. The highest BCUT2D eigenvalue weighted by molar-refractivity contribution is 7.89. The SMILES string of the molecule is CCNC(=O)[C@@H]1N=C(C23CC(N(Cc4ccc(Cl)cc4)S(=O)(=O)CCC(F)F)(C2)C3)NC1(C)C. The van der Waals surface area contributed by atoms with E-state index >= 15 is 0 Å². The lowest BCUT2D eigenvalue weighted by Gasteiger charge is -2.73. The van der Waals surface area contributed by atoms with E-state index in [1.165, 1.54) is 4.31 Å². The van der Waals surface area contributed by atoms with Gasteiger partial charge in [-0.25, -0.2) is 17.2 Å². The van der Waals surface area contributed by atoms with Crippen LogP contribution in [0.15, 0.2) is 29.3 Å². The van der Waals surface area contributed by atoms with Gasteiger partial charge >= 0.3 is 0 Å². The second-order valence-electron chi connectivity index (χ2n) is 10.3. The molecule has 11 heteroatoms. The molecule has 4 aliphatic rings. The molecule has 1 aromatic rings. The van der Waals surface area contributed by atoms with Crippen molar-refractivity contribution in [1.82, 2.24) is 14.9 Å². The summed E-state index contributed by atoms with van der Waals surface area (Å²) >= 11 is 5.96. The number of amides is 1. The molecule has 3 fully saturated rings. The predicted molar refractivity (Wildman–Crippen MR) is 128 cm³/mol. The Hall–Kier alpha value is -1.78. The van der Waals surface area contributed by atoms with Crippen LogP contribution in [0.4, 0.5) is 8.78 Å². The zero-order chi connectivity index (χ0) is 24.9. The summed E-state index contributed by atoms with van der Waals surface area (Å²) in [5, 5.41) is 6.75. The van der Waals surface area contributed by atoms with Gasteiger partial charge in [0, 0.05) is 35.5 Å². The average molecular weight is 517 g/mol. The van der Waals surface area contributed by atoms with E-state index in [0.717, 1.165) is 11.4 Å². The van der Waals surface area contributed by atoms with E-state index in [0.29, 0.717) is 30.8 Å². The van der Waals surface area contributed by atoms with Gasteiger partial charge in [-0.1, -0.05) is 23.7 Å². The Morgan fingerprint density at radius 2 is 1.88 bits per heavy atom. The number of nitrogens with one attached hydrogen (secondary N) is 2. The first kappa shape index (κ1) is 25.3. The van der Waals surface area contributed by atoms with E-state index in [2.05, 4.69) is 10.6 Å². The number of amidine groups is 1. The van der Waals surface area contributed by atoms with Crippen LogP contribution in [-0.2, 0) is 21.4 Å². The van der Waals surface area contributed by atoms with E-state index in [1.807, 2.05) is 20.8 Å². The van der Waals surface area contributed by atoms with Crippen LogP contribution in [0, 0.1) is 5.41 Å². The molecule has 0 spiro atoms. The third-order valence-electron chi connectivity index (χ3n) is 7.18. The number of nitrogens with zero attached hydrogens (tertiary/aromatic N) is 2. The van der Waals surface area contributed by atoms with E-state index in [-0.39, 0.29) is 17.9 Å². The number of carbonyl (C=O) groups is 1. The fraction of sp³-hybridized carbons (Fsp3) is 0.652. The second-order valence-corrected chi connectivity index (χ2v) is 12.7. The van der Waals surface area contributed by atoms with Crippen molar-refractivity contribution in [3.05, 3.63) is 34.9 Å². The Labute approximate surface area is 204 Å². The smallest absolute Gasteiger partial charge is 0.247 e. The molecule has 34 heavy (non-hydrogen) atoms. The van der Waals surface area contributed by atoms with Gasteiger partial charge in [0.2, 0.25) is 22.4 Å². The number of hydrogen-bond donors (Lipinski definition) is 2. The normalized spacial score (nSPS) is 29.3. The van der Waals surface area contributed by atoms with Gasteiger partial charge in [0.25, 0.3) is 0 Å². The Morgan fingerprint density at radius 1 is 1.26 bits per heavy atom. The van der Waals surface area contributed by atoms with Crippen molar-refractivity contribution in [2.45, 2.75) is 76.5 Å². The molecule has 1 aromatic carbocycles. The third kappa shape index (κ3) is 4.44. The van der Waals surface area contributed by atoms with Crippen LogP contribution in [0.1, 0.15) is 52.0 Å². The first-order valence-electron chi connectivity index (χ1n) is 11.5. The maximum absolute atomic E-state index is 13.2. The summed E-state index contributed by atoms with van der Waals surface area (Å²) in [7, 11) is -3.92. The molecule has 2 bridgehead atoms. The Bertz CT molecular complexity index is 1070. The molecule has 7 nitrogen and oxygen atoms in total. The topological polar surface area (TPSA) is 90.9 Å². The number of aliphatic imine (C=N–C) groups is 1. The molecule has 2 N–H and O–H groups in total. The van der Waals surface area contributed by atoms with Crippen LogP contribution < -0.4 is 10.6 Å². The third-order valence-corrected chi connectivity index (χ3v) is 9.38. The molecule has 3 aliphatic carbocycles. The number of rotatable bonds is 10. The maximum Gasteiger partial charge on any atom is 0.247 e. The van der Waals surface area contributed by atoms with Gasteiger partial charge in [0.1, 0.15) is 5.84 Å². The van der Waals surface area contributed by atoms with E-state index in [1.54, 1.807) is 24.3 Å². The number of benzene rings is 1. The van der Waals surface area contributed by atoms with Gasteiger partial charge in [0.05, 0.1) is 11.3 Å². The largest absolute Gasteiger partial charge is 0.366 e. The molecule has 5 rings (SSSR count). The monoisotopic (exact) mass is 516 g/mol. The summed E-state index contributed by atoms with van der Waals surface area (Å²) in [5.74, 6) is 0.000640. The highest BCUT2D eigenvalue weighted by Gasteiger charge is 2.75. The number of alkyl halides is 2. The maximum atomic E-state index is 13.2.